The van der Waals surface area contributed by atoms with E-state index in [1.165, 1.54) is 9.47 Å². The molecule has 1 atom stereocenters. The Balaban J connectivity index is 1.76. The minimum absolute atomic E-state index is 0.00497. The van der Waals surface area contributed by atoms with E-state index in [0.29, 0.717) is 19.4 Å². The standard InChI is InChI=1S/C25H36N4O8/c1-25(2,3)37-24(36)26-11-7-8-12-29-17(21(32)27-15-9-5-4-6-10-15)14-28-13-16(23(34)35)19(30)20(31)18(28)22(29)33/h13,15,17,31H,4-12,14H2,1-3H3,(H,26,36)(H,27,32)(H,34,35). The molecule has 1 saturated carbocycles. The lowest BCUT2D eigenvalue weighted by Crippen LogP contribution is -2.57. The third-order valence-corrected chi connectivity index (χ3v) is 6.44. The van der Waals surface area contributed by atoms with Crippen LogP contribution in [0.2, 0.25) is 0 Å². The zero-order valence-electron chi connectivity index (χ0n) is 21.5. The minimum Gasteiger partial charge on any atom is -0.503 e. The number of carboxylic acids is 1. The van der Waals surface area contributed by atoms with Crippen molar-refractivity contribution in [1.29, 1.82) is 0 Å². The van der Waals surface area contributed by atoms with Gasteiger partial charge in [-0.3, -0.25) is 14.4 Å². The van der Waals surface area contributed by atoms with Crippen LogP contribution in [0.4, 0.5) is 4.79 Å². The number of aromatic carboxylic acids is 1. The van der Waals surface area contributed by atoms with E-state index in [4.69, 9.17) is 4.74 Å². The minimum atomic E-state index is -1.54. The molecule has 2 aliphatic rings. The number of ether oxygens (including phenoxy) is 1. The van der Waals surface area contributed by atoms with Gasteiger partial charge in [-0.2, -0.15) is 0 Å². The van der Waals surface area contributed by atoms with E-state index in [9.17, 15) is 34.2 Å². The van der Waals surface area contributed by atoms with Gasteiger partial charge >= 0.3 is 12.1 Å². The number of rotatable bonds is 8. The quantitative estimate of drug-likeness (QED) is 0.377. The number of alkyl carbamates (subject to hydrolysis) is 1. The first-order valence-corrected chi connectivity index (χ1v) is 12.7. The molecule has 1 unspecified atom stereocenters. The molecule has 4 N–H and O–H groups in total. The van der Waals surface area contributed by atoms with Gasteiger partial charge in [-0.25, -0.2) is 9.59 Å². The smallest absolute Gasteiger partial charge is 0.407 e. The molecule has 1 aliphatic heterocycles. The van der Waals surface area contributed by atoms with E-state index in [1.807, 2.05) is 0 Å². The number of fused-ring (bicyclic) bond motifs is 1. The van der Waals surface area contributed by atoms with Crippen molar-refractivity contribution in [2.24, 2.45) is 0 Å². The highest BCUT2D eigenvalue weighted by Crippen LogP contribution is 2.25. The fourth-order valence-electron chi connectivity index (χ4n) is 4.67. The van der Waals surface area contributed by atoms with Gasteiger partial charge in [0, 0.05) is 25.3 Å². The molecule has 3 amide bonds. The Labute approximate surface area is 215 Å². The molecule has 0 saturated heterocycles. The predicted octanol–water partition coefficient (Wildman–Crippen LogP) is 1.83. The molecular formula is C25H36N4O8. The van der Waals surface area contributed by atoms with E-state index in [0.717, 1.165) is 38.3 Å². The van der Waals surface area contributed by atoms with Crippen LogP contribution in [-0.4, -0.2) is 74.3 Å². The molecule has 1 fully saturated rings. The summed E-state index contributed by atoms with van der Waals surface area (Å²) in [6.07, 6.45) is 6.15. The van der Waals surface area contributed by atoms with Crippen LogP contribution in [0.1, 0.15) is 86.6 Å². The van der Waals surface area contributed by atoms with Gasteiger partial charge in [0.25, 0.3) is 5.91 Å². The van der Waals surface area contributed by atoms with Gasteiger partial charge in [0.2, 0.25) is 11.3 Å². The monoisotopic (exact) mass is 520 g/mol. The van der Waals surface area contributed by atoms with Crippen molar-refractivity contribution in [3.05, 3.63) is 27.7 Å². The third-order valence-electron chi connectivity index (χ3n) is 6.44. The molecule has 1 aromatic heterocycles. The van der Waals surface area contributed by atoms with E-state index in [-0.39, 0.29) is 30.7 Å². The lowest BCUT2D eigenvalue weighted by Gasteiger charge is -2.38. The van der Waals surface area contributed by atoms with Crippen molar-refractivity contribution in [1.82, 2.24) is 20.1 Å². The van der Waals surface area contributed by atoms with Gasteiger partial charge in [-0.1, -0.05) is 19.3 Å². The number of aromatic nitrogens is 1. The number of carbonyl (C=O) groups is 4. The van der Waals surface area contributed by atoms with Crippen molar-refractivity contribution >= 4 is 23.9 Å². The van der Waals surface area contributed by atoms with E-state index in [1.54, 1.807) is 20.8 Å². The first-order chi connectivity index (χ1) is 17.4. The number of unbranched alkanes of at least 4 members (excludes halogenated alkanes) is 1. The van der Waals surface area contributed by atoms with Crippen LogP contribution in [-0.2, 0) is 16.1 Å². The number of pyridine rings is 1. The lowest BCUT2D eigenvalue weighted by atomic mass is 9.95. The van der Waals surface area contributed by atoms with Crippen molar-refractivity contribution in [2.75, 3.05) is 13.1 Å². The molecule has 1 aromatic rings. The van der Waals surface area contributed by atoms with Gasteiger partial charge in [0.15, 0.2) is 11.4 Å². The SMILES string of the molecule is CC(C)(C)OC(=O)NCCCCN1C(=O)c2c(O)c(=O)c(C(=O)O)cn2CC1C(=O)NC1CCCCC1. The van der Waals surface area contributed by atoms with Crippen molar-refractivity contribution in [3.63, 3.8) is 0 Å². The molecular weight excluding hydrogens is 484 g/mol. The molecule has 1 aliphatic carbocycles. The van der Waals surface area contributed by atoms with Crippen molar-refractivity contribution < 1.29 is 34.1 Å². The van der Waals surface area contributed by atoms with E-state index < -0.39 is 46.4 Å². The maximum atomic E-state index is 13.4. The molecule has 0 radical (unpaired) electrons. The van der Waals surface area contributed by atoms with Gasteiger partial charge in [-0.05, 0) is 46.5 Å². The average molecular weight is 521 g/mol. The number of carbonyl (C=O) groups excluding carboxylic acids is 3. The number of aromatic hydroxyl groups is 1. The summed E-state index contributed by atoms with van der Waals surface area (Å²) < 4.78 is 6.37. The Morgan fingerprint density at radius 1 is 1.11 bits per heavy atom. The molecule has 3 rings (SSSR count). The Kier molecular flexibility index (Phi) is 8.82. The molecule has 0 spiro atoms. The highest BCUT2D eigenvalue weighted by molar-refractivity contribution is 6.00. The van der Waals surface area contributed by atoms with Gasteiger partial charge in [0.05, 0.1) is 6.54 Å². The fraction of sp³-hybridized carbons (Fsp3) is 0.640. The zero-order chi connectivity index (χ0) is 27.3. The summed E-state index contributed by atoms with van der Waals surface area (Å²) in [6.45, 7) is 5.58. The Bertz CT molecular complexity index is 1100. The molecule has 2 heterocycles. The van der Waals surface area contributed by atoms with Crippen LogP contribution in [0.25, 0.3) is 0 Å². The maximum absolute atomic E-state index is 13.4. The summed E-state index contributed by atoms with van der Waals surface area (Å²) >= 11 is 0. The summed E-state index contributed by atoms with van der Waals surface area (Å²) in [6, 6.07) is -0.959. The van der Waals surface area contributed by atoms with Crippen LogP contribution in [0.5, 0.6) is 5.75 Å². The topological polar surface area (TPSA) is 167 Å². The second-order valence-corrected chi connectivity index (χ2v) is 10.5. The average Bonchev–Trinajstić information content (AvgIpc) is 2.81. The maximum Gasteiger partial charge on any atom is 0.407 e. The second kappa shape index (κ2) is 11.7. The number of hydrogen-bond donors (Lipinski definition) is 4. The number of carboxylic acid groups (broad SMARTS) is 1. The van der Waals surface area contributed by atoms with E-state index >= 15 is 0 Å². The Morgan fingerprint density at radius 3 is 2.41 bits per heavy atom. The molecule has 204 valence electrons. The number of nitrogens with one attached hydrogen (secondary N) is 2. The Morgan fingerprint density at radius 2 is 1.78 bits per heavy atom. The van der Waals surface area contributed by atoms with Crippen LogP contribution < -0.4 is 16.1 Å². The molecule has 12 nitrogen and oxygen atoms in total. The van der Waals surface area contributed by atoms with Gasteiger partial charge in [-0.15, -0.1) is 0 Å². The summed E-state index contributed by atoms with van der Waals surface area (Å²) in [5, 5.41) is 25.4. The predicted molar refractivity (Wildman–Crippen MR) is 133 cm³/mol. The first kappa shape index (κ1) is 28.0. The highest BCUT2D eigenvalue weighted by Gasteiger charge is 2.40. The normalized spacial score (nSPS) is 18.2. The van der Waals surface area contributed by atoms with Crippen LogP contribution in [0, 0.1) is 0 Å². The summed E-state index contributed by atoms with van der Waals surface area (Å²) in [7, 11) is 0. The lowest BCUT2D eigenvalue weighted by molar-refractivity contribution is -0.127. The molecule has 12 heteroatoms. The molecule has 0 aromatic carbocycles. The summed E-state index contributed by atoms with van der Waals surface area (Å²) in [5.74, 6) is -3.59. The second-order valence-electron chi connectivity index (χ2n) is 10.5. The Hall–Kier alpha value is -3.57. The van der Waals surface area contributed by atoms with Crippen molar-refractivity contribution in [3.8, 4) is 5.75 Å². The zero-order valence-corrected chi connectivity index (χ0v) is 21.5. The highest BCUT2D eigenvalue weighted by atomic mass is 16.6. The van der Waals surface area contributed by atoms with Crippen LogP contribution in [0.15, 0.2) is 11.0 Å². The summed E-state index contributed by atoms with van der Waals surface area (Å²) in [4.78, 5) is 63.6. The van der Waals surface area contributed by atoms with E-state index in [2.05, 4.69) is 10.6 Å². The first-order valence-electron chi connectivity index (χ1n) is 12.7. The summed E-state index contributed by atoms with van der Waals surface area (Å²) in [5.41, 5.74) is -2.80. The largest absolute Gasteiger partial charge is 0.503 e. The number of hydrogen-bond acceptors (Lipinski definition) is 7. The molecule has 0 bridgehead atoms. The van der Waals surface area contributed by atoms with Gasteiger partial charge in [0.1, 0.15) is 17.2 Å². The third kappa shape index (κ3) is 7.01. The number of amides is 3. The van der Waals surface area contributed by atoms with Crippen molar-refractivity contribution in [2.45, 2.75) is 89.9 Å². The van der Waals surface area contributed by atoms with Crippen LogP contribution >= 0.6 is 0 Å². The number of nitrogens with zero attached hydrogens (tertiary/aromatic N) is 2. The molecule has 37 heavy (non-hydrogen) atoms. The van der Waals surface area contributed by atoms with Gasteiger partial charge < -0.3 is 35.1 Å². The fourth-order valence-corrected chi connectivity index (χ4v) is 4.67. The van der Waals surface area contributed by atoms with Crippen LogP contribution in [0.3, 0.4) is 0 Å².